The molecule has 0 aromatic carbocycles. The Morgan fingerprint density at radius 1 is 1.11 bits per heavy atom. The van der Waals surface area contributed by atoms with Crippen molar-refractivity contribution in [1.82, 2.24) is 29.6 Å². The number of piperidine rings is 1. The van der Waals surface area contributed by atoms with Gasteiger partial charge in [0.15, 0.2) is 5.82 Å². The molecule has 0 bridgehead atoms. The van der Waals surface area contributed by atoms with Gasteiger partial charge in [-0.3, -0.25) is 4.68 Å². The van der Waals surface area contributed by atoms with Crippen molar-refractivity contribution in [1.29, 1.82) is 0 Å². The van der Waals surface area contributed by atoms with Crippen molar-refractivity contribution in [2.75, 3.05) is 43.4 Å². The Morgan fingerprint density at radius 3 is 2.50 bits per heavy atom. The Labute approximate surface area is 209 Å². The van der Waals surface area contributed by atoms with Gasteiger partial charge < -0.3 is 20.2 Å². The van der Waals surface area contributed by atoms with E-state index in [4.69, 9.17) is 0 Å². The van der Waals surface area contributed by atoms with Crippen molar-refractivity contribution in [3.8, 4) is 0 Å². The van der Waals surface area contributed by atoms with E-state index in [0.29, 0.717) is 41.8 Å². The lowest BCUT2D eigenvalue weighted by Gasteiger charge is -2.58. The number of aromatic nitrogens is 5. The Bertz CT molecular complexity index is 1200. The first-order chi connectivity index (χ1) is 17.4. The topological polar surface area (TPSA) is 95.2 Å². The SMILES string of the molecule is CC.CN1CCC(n2cc(Nc3ncc4cc(C(F)F)nc(N5CC6(CC(O)C6)C5)c4n3)cn2)CC1. The molecular formula is C25H34F2N8O. The number of nitrogens with one attached hydrogen (secondary N) is 1. The maximum Gasteiger partial charge on any atom is 0.280 e. The lowest BCUT2D eigenvalue weighted by Crippen LogP contribution is -2.64. The number of halogens is 2. The highest BCUT2D eigenvalue weighted by atomic mass is 19.3. The first-order valence-electron chi connectivity index (χ1n) is 12.8. The standard InChI is InChI=1S/C23H28F2N8O.C2H6/c1-31-4-2-16(3-5-31)33-11-15(10-27-33)28-22-26-9-14-6-18(20(24)25)29-21(19(14)30-22)32-12-23(13-32)7-17(34)8-23;1-2/h6,9-11,16-17,20,34H,2-5,7-8,12-13H2,1H3,(H,26,28,30);1-2H3. The fraction of sp³-hybridized carbons (Fsp3) is 0.600. The fourth-order valence-electron chi connectivity index (χ4n) is 5.54. The van der Waals surface area contributed by atoms with Gasteiger partial charge in [0.1, 0.15) is 11.2 Å². The number of aliphatic hydroxyl groups excluding tert-OH is 1. The van der Waals surface area contributed by atoms with Crippen molar-refractivity contribution in [2.24, 2.45) is 5.41 Å². The summed E-state index contributed by atoms with van der Waals surface area (Å²) in [4.78, 5) is 17.6. The van der Waals surface area contributed by atoms with Crippen molar-refractivity contribution < 1.29 is 13.9 Å². The number of pyridine rings is 1. The molecule has 1 spiro atoms. The molecule has 5 heterocycles. The molecule has 0 atom stereocenters. The lowest BCUT2D eigenvalue weighted by molar-refractivity contribution is -0.0493. The van der Waals surface area contributed by atoms with Crippen molar-refractivity contribution in [3.63, 3.8) is 0 Å². The predicted octanol–water partition coefficient (Wildman–Crippen LogP) is 4.16. The van der Waals surface area contributed by atoms with Crippen molar-refractivity contribution >= 4 is 28.4 Å². The third-order valence-electron chi connectivity index (χ3n) is 7.40. The first kappa shape index (κ1) is 24.8. The molecule has 3 aromatic heterocycles. The highest BCUT2D eigenvalue weighted by Crippen LogP contribution is 2.50. The van der Waals surface area contributed by atoms with Gasteiger partial charge in [-0.2, -0.15) is 5.10 Å². The molecular weight excluding hydrogens is 466 g/mol. The van der Waals surface area contributed by atoms with Gasteiger partial charge in [-0.1, -0.05) is 13.8 Å². The van der Waals surface area contributed by atoms with Gasteiger partial charge in [0, 0.05) is 36.3 Å². The second-order valence-electron chi connectivity index (χ2n) is 10.1. The molecule has 0 amide bonds. The van der Waals surface area contributed by atoms with Crippen LogP contribution in [0.4, 0.5) is 26.2 Å². The fourth-order valence-corrected chi connectivity index (χ4v) is 5.54. The number of likely N-dealkylation sites (tertiary alicyclic amines) is 1. The molecule has 3 aliphatic rings. The van der Waals surface area contributed by atoms with Gasteiger partial charge >= 0.3 is 0 Å². The molecule has 3 fully saturated rings. The van der Waals surface area contributed by atoms with Crippen LogP contribution in [0, 0.1) is 5.41 Å². The van der Waals surface area contributed by atoms with Crippen molar-refractivity contribution in [2.45, 2.75) is 58.1 Å². The molecule has 6 rings (SSSR count). The molecule has 2 aliphatic heterocycles. The minimum Gasteiger partial charge on any atom is -0.393 e. The molecule has 9 nitrogen and oxygen atoms in total. The molecule has 36 heavy (non-hydrogen) atoms. The number of rotatable bonds is 5. The molecule has 11 heteroatoms. The van der Waals surface area contributed by atoms with E-state index in [0.717, 1.165) is 44.5 Å². The summed E-state index contributed by atoms with van der Waals surface area (Å²) in [5.74, 6) is 0.824. The Morgan fingerprint density at radius 2 is 1.83 bits per heavy atom. The second-order valence-corrected chi connectivity index (χ2v) is 10.1. The number of alkyl halides is 2. The molecule has 1 saturated carbocycles. The summed E-state index contributed by atoms with van der Waals surface area (Å²) in [6.45, 7) is 7.48. The van der Waals surface area contributed by atoms with Crippen LogP contribution in [0.5, 0.6) is 0 Å². The van der Waals surface area contributed by atoms with E-state index in [1.807, 2.05) is 29.6 Å². The van der Waals surface area contributed by atoms with Gasteiger partial charge in [0.25, 0.3) is 6.43 Å². The van der Waals surface area contributed by atoms with Crippen LogP contribution in [0.3, 0.4) is 0 Å². The third kappa shape index (κ3) is 4.73. The van der Waals surface area contributed by atoms with E-state index < -0.39 is 6.43 Å². The molecule has 0 radical (unpaired) electrons. The third-order valence-corrected chi connectivity index (χ3v) is 7.40. The molecule has 0 unspecified atom stereocenters. The highest BCUT2D eigenvalue weighted by Gasteiger charge is 2.52. The number of fused-ring (bicyclic) bond motifs is 1. The molecule has 1 aliphatic carbocycles. The van der Waals surface area contributed by atoms with Crippen LogP contribution >= 0.6 is 0 Å². The number of nitrogens with zero attached hydrogens (tertiary/aromatic N) is 7. The van der Waals surface area contributed by atoms with E-state index >= 15 is 0 Å². The number of hydrogen-bond donors (Lipinski definition) is 2. The normalized spacial score (nSPS) is 20.2. The summed E-state index contributed by atoms with van der Waals surface area (Å²) >= 11 is 0. The second kappa shape index (κ2) is 9.85. The van der Waals surface area contributed by atoms with Crippen LogP contribution in [0.15, 0.2) is 24.7 Å². The minimum atomic E-state index is -2.67. The Kier molecular flexibility index (Phi) is 6.78. The molecule has 3 aromatic rings. The smallest absolute Gasteiger partial charge is 0.280 e. The van der Waals surface area contributed by atoms with E-state index in [9.17, 15) is 13.9 Å². The lowest BCUT2D eigenvalue weighted by atomic mass is 9.62. The summed E-state index contributed by atoms with van der Waals surface area (Å²) in [6, 6.07) is 1.73. The van der Waals surface area contributed by atoms with E-state index in [-0.39, 0.29) is 17.2 Å². The van der Waals surface area contributed by atoms with Gasteiger partial charge in [0.05, 0.1) is 24.0 Å². The van der Waals surface area contributed by atoms with E-state index in [2.05, 4.69) is 37.3 Å². The average Bonchev–Trinajstić information content (AvgIpc) is 3.30. The van der Waals surface area contributed by atoms with Crippen LogP contribution in [0.1, 0.15) is 57.7 Å². The monoisotopic (exact) mass is 500 g/mol. The van der Waals surface area contributed by atoms with Gasteiger partial charge in [-0.05, 0) is 51.9 Å². The molecule has 194 valence electrons. The zero-order valence-electron chi connectivity index (χ0n) is 21.0. The number of hydrogen-bond acceptors (Lipinski definition) is 8. The van der Waals surface area contributed by atoms with E-state index in [1.165, 1.54) is 6.07 Å². The predicted molar refractivity (Wildman–Crippen MR) is 135 cm³/mol. The van der Waals surface area contributed by atoms with Crippen LogP contribution in [0.2, 0.25) is 0 Å². The first-order valence-corrected chi connectivity index (χ1v) is 12.8. The quantitative estimate of drug-likeness (QED) is 0.539. The molecule has 2 saturated heterocycles. The van der Waals surface area contributed by atoms with Crippen LogP contribution in [0.25, 0.3) is 10.9 Å². The summed E-state index contributed by atoms with van der Waals surface area (Å²) in [7, 11) is 2.13. The molecule has 2 N–H and O–H groups in total. The largest absolute Gasteiger partial charge is 0.393 e. The van der Waals surface area contributed by atoms with Gasteiger partial charge in [-0.25, -0.2) is 23.7 Å². The maximum absolute atomic E-state index is 13.5. The summed E-state index contributed by atoms with van der Waals surface area (Å²) in [6.07, 6.45) is 5.96. The Balaban J connectivity index is 0.00000130. The summed E-state index contributed by atoms with van der Waals surface area (Å²) < 4.78 is 29.0. The maximum atomic E-state index is 13.5. The van der Waals surface area contributed by atoms with Crippen LogP contribution in [-0.2, 0) is 0 Å². The average molecular weight is 501 g/mol. The van der Waals surface area contributed by atoms with Gasteiger partial charge in [-0.15, -0.1) is 0 Å². The number of anilines is 3. The Hall–Kier alpha value is -2.92. The summed E-state index contributed by atoms with van der Waals surface area (Å²) in [5, 5.41) is 17.9. The highest BCUT2D eigenvalue weighted by molar-refractivity contribution is 5.90. The summed E-state index contributed by atoms with van der Waals surface area (Å²) in [5.41, 5.74) is 1.12. The zero-order chi connectivity index (χ0) is 25.4. The zero-order valence-corrected chi connectivity index (χ0v) is 21.0. The van der Waals surface area contributed by atoms with Crippen LogP contribution < -0.4 is 10.2 Å². The van der Waals surface area contributed by atoms with Crippen LogP contribution in [-0.4, -0.2) is 74.1 Å². The van der Waals surface area contributed by atoms with Crippen molar-refractivity contribution in [3.05, 3.63) is 30.4 Å². The van der Waals surface area contributed by atoms with E-state index in [1.54, 1.807) is 12.4 Å². The minimum absolute atomic E-state index is 0.0743. The number of aliphatic hydroxyl groups is 1. The van der Waals surface area contributed by atoms with Gasteiger partial charge in [0.2, 0.25) is 5.95 Å².